The Morgan fingerprint density at radius 3 is 2.81 bits per heavy atom. The number of aryl methyl sites for hydroxylation is 1. The van der Waals surface area contributed by atoms with E-state index in [2.05, 4.69) is 15.2 Å². The van der Waals surface area contributed by atoms with Gasteiger partial charge >= 0.3 is 0 Å². The van der Waals surface area contributed by atoms with Crippen molar-refractivity contribution in [1.29, 1.82) is 0 Å². The molecule has 0 saturated carbocycles. The number of sulfonamides is 1. The van der Waals surface area contributed by atoms with Gasteiger partial charge in [-0.1, -0.05) is 0 Å². The number of nitrogens with two attached hydrogens (primary N) is 1. The minimum Gasteiger partial charge on any atom is -0.375 e. The Balaban J connectivity index is 3.01. The number of nitrogens with one attached hydrogen (secondary N) is 1. The quantitative estimate of drug-likeness (QED) is 0.683. The highest BCUT2D eigenvalue weighted by Crippen LogP contribution is 2.16. The van der Waals surface area contributed by atoms with Gasteiger partial charge in [0.25, 0.3) is 5.91 Å². The van der Waals surface area contributed by atoms with Gasteiger partial charge in [-0.05, 0) is 0 Å². The van der Waals surface area contributed by atoms with Gasteiger partial charge in [0.1, 0.15) is 11.5 Å². The molecule has 0 aromatic carbocycles. The summed E-state index contributed by atoms with van der Waals surface area (Å²) in [4.78, 5) is 10.9. The monoisotopic (exact) mass is 248 g/mol. The molecule has 0 unspecified atom stereocenters. The van der Waals surface area contributed by atoms with E-state index in [9.17, 15) is 13.2 Å². The number of anilines is 1. The maximum atomic E-state index is 11.2. The Morgan fingerprint density at radius 1 is 1.69 bits per heavy atom. The highest BCUT2D eigenvalue weighted by molar-refractivity contribution is 7.89. The predicted molar refractivity (Wildman–Crippen MR) is 55.1 cm³/mol. The van der Waals surface area contributed by atoms with Crippen molar-refractivity contribution < 1.29 is 17.9 Å². The summed E-state index contributed by atoms with van der Waals surface area (Å²) < 4.78 is 28.1. The van der Waals surface area contributed by atoms with Crippen LogP contribution < -0.4 is 10.5 Å². The Kier molecular flexibility index (Phi) is 3.62. The molecule has 0 saturated heterocycles. The average Bonchev–Trinajstić information content (AvgIpc) is 2.46. The minimum absolute atomic E-state index is 0.105. The molecule has 1 rings (SSSR count). The van der Waals surface area contributed by atoms with Gasteiger partial charge in [-0.2, -0.15) is 5.10 Å². The minimum atomic E-state index is -3.91. The van der Waals surface area contributed by atoms with Crippen molar-refractivity contribution in [2.45, 2.75) is 4.90 Å². The summed E-state index contributed by atoms with van der Waals surface area (Å²) in [6.07, 6.45) is 1.21. The number of carbonyl (C=O) groups excluding carboxylic acids is 1. The molecule has 0 aliphatic rings. The summed E-state index contributed by atoms with van der Waals surface area (Å²) in [5, 5.41) is 11.0. The van der Waals surface area contributed by atoms with Crippen LogP contribution >= 0.6 is 0 Å². The number of rotatable bonds is 4. The van der Waals surface area contributed by atoms with Crippen LogP contribution in [0.25, 0.3) is 0 Å². The van der Waals surface area contributed by atoms with E-state index in [1.807, 2.05) is 0 Å². The van der Waals surface area contributed by atoms with Crippen LogP contribution in [0.5, 0.6) is 0 Å². The van der Waals surface area contributed by atoms with Gasteiger partial charge in [0, 0.05) is 20.4 Å². The fourth-order valence-electron chi connectivity index (χ4n) is 1.06. The molecule has 0 spiro atoms. The molecular weight excluding hydrogens is 236 g/mol. The van der Waals surface area contributed by atoms with Crippen LogP contribution in [-0.2, 0) is 26.6 Å². The molecule has 0 fully saturated rings. The number of hydrogen-bond donors (Lipinski definition) is 2. The summed E-state index contributed by atoms with van der Waals surface area (Å²) in [5.41, 5.74) is 0. The van der Waals surface area contributed by atoms with E-state index < -0.39 is 15.9 Å². The second kappa shape index (κ2) is 4.60. The molecule has 8 nitrogen and oxygen atoms in total. The molecule has 9 heteroatoms. The van der Waals surface area contributed by atoms with Gasteiger partial charge in [-0.3, -0.25) is 9.48 Å². The first-order chi connectivity index (χ1) is 7.34. The molecule has 0 radical (unpaired) electrons. The zero-order chi connectivity index (χ0) is 12.3. The molecule has 16 heavy (non-hydrogen) atoms. The lowest BCUT2D eigenvalue weighted by Crippen LogP contribution is -2.20. The van der Waals surface area contributed by atoms with Gasteiger partial charge in [0.05, 0.1) is 0 Å². The summed E-state index contributed by atoms with van der Waals surface area (Å²) in [6.45, 7) is -0.194. The number of aromatic nitrogens is 2. The van der Waals surface area contributed by atoms with Crippen LogP contribution in [0, 0.1) is 0 Å². The third kappa shape index (κ3) is 3.02. The topological polar surface area (TPSA) is 116 Å². The second-order valence-corrected chi connectivity index (χ2v) is 4.57. The third-order valence-corrected chi connectivity index (χ3v) is 2.55. The van der Waals surface area contributed by atoms with Gasteiger partial charge in [0.2, 0.25) is 10.0 Å². The lowest BCUT2D eigenvalue weighted by molar-refractivity contribution is -0.119. The third-order valence-electron chi connectivity index (χ3n) is 1.63. The van der Waals surface area contributed by atoms with Gasteiger partial charge in [-0.25, -0.2) is 13.6 Å². The van der Waals surface area contributed by atoms with E-state index in [1.165, 1.54) is 25.0 Å². The van der Waals surface area contributed by atoms with Crippen LogP contribution in [0.2, 0.25) is 0 Å². The molecule has 90 valence electrons. The van der Waals surface area contributed by atoms with Gasteiger partial charge in [0.15, 0.2) is 5.82 Å². The zero-order valence-electron chi connectivity index (χ0n) is 8.80. The molecule has 1 heterocycles. The number of nitrogens with zero attached hydrogens (tertiary/aromatic N) is 2. The van der Waals surface area contributed by atoms with Crippen molar-refractivity contribution in [3.63, 3.8) is 0 Å². The summed E-state index contributed by atoms with van der Waals surface area (Å²) in [7, 11) is -1.05. The normalized spacial score (nSPS) is 11.4. The molecule has 0 aliphatic carbocycles. The number of primary sulfonamides is 1. The van der Waals surface area contributed by atoms with Crippen molar-refractivity contribution >= 4 is 21.7 Å². The molecule has 1 amide bonds. The number of amides is 1. The summed E-state index contributed by atoms with van der Waals surface area (Å²) >= 11 is 0. The molecule has 0 aliphatic heterocycles. The number of methoxy groups -OCH3 is 1. The highest BCUT2D eigenvalue weighted by Gasteiger charge is 2.19. The van der Waals surface area contributed by atoms with E-state index in [-0.39, 0.29) is 17.3 Å². The van der Waals surface area contributed by atoms with Crippen molar-refractivity contribution in [2.24, 2.45) is 12.2 Å². The summed E-state index contributed by atoms with van der Waals surface area (Å²) in [5.74, 6) is -0.613. The Hall–Kier alpha value is -1.45. The van der Waals surface area contributed by atoms with E-state index in [1.54, 1.807) is 0 Å². The molecule has 1 aromatic rings. The largest absolute Gasteiger partial charge is 0.375 e. The standard InChI is InChI=1S/C7H12N4O4S/c1-11-3-5(16(8,13)14)7(10-11)9-6(12)4-15-2/h3H,4H2,1-2H3,(H2,8,13,14)(H,9,10,12). The lowest BCUT2D eigenvalue weighted by Gasteiger charge is -2.02. The maximum absolute atomic E-state index is 11.2. The lowest BCUT2D eigenvalue weighted by atomic mass is 10.5. The Morgan fingerprint density at radius 2 is 2.31 bits per heavy atom. The first-order valence-electron chi connectivity index (χ1n) is 4.20. The van der Waals surface area contributed by atoms with Crippen molar-refractivity contribution in [3.05, 3.63) is 6.20 Å². The SMILES string of the molecule is COCC(=O)Nc1nn(C)cc1S(N)(=O)=O. The fourth-order valence-corrected chi connectivity index (χ4v) is 1.72. The smallest absolute Gasteiger partial charge is 0.251 e. The number of carbonyl (C=O) groups is 1. The molecular formula is C7H12N4O4S. The fraction of sp³-hybridized carbons (Fsp3) is 0.429. The van der Waals surface area contributed by atoms with Crippen molar-refractivity contribution in [1.82, 2.24) is 9.78 Å². The number of ether oxygens (including phenoxy) is 1. The molecule has 0 atom stereocenters. The molecule has 3 N–H and O–H groups in total. The van der Waals surface area contributed by atoms with E-state index in [0.717, 1.165) is 0 Å². The van der Waals surface area contributed by atoms with E-state index >= 15 is 0 Å². The zero-order valence-corrected chi connectivity index (χ0v) is 9.61. The van der Waals surface area contributed by atoms with Gasteiger partial charge < -0.3 is 10.1 Å². The Labute approximate surface area is 92.4 Å². The highest BCUT2D eigenvalue weighted by atomic mass is 32.2. The molecule has 1 aromatic heterocycles. The summed E-state index contributed by atoms with van der Waals surface area (Å²) in [6, 6.07) is 0. The van der Waals surface area contributed by atoms with Crippen LogP contribution in [0.15, 0.2) is 11.1 Å². The van der Waals surface area contributed by atoms with E-state index in [0.29, 0.717) is 0 Å². The second-order valence-electron chi connectivity index (χ2n) is 3.04. The van der Waals surface area contributed by atoms with Crippen LogP contribution in [0.4, 0.5) is 5.82 Å². The Bertz CT molecular complexity index is 492. The van der Waals surface area contributed by atoms with Crippen LogP contribution in [-0.4, -0.2) is 37.8 Å². The maximum Gasteiger partial charge on any atom is 0.251 e. The predicted octanol–water partition coefficient (Wildman–Crippen LogP) is -1.35. The number of hydrogen-bond acceptors (Lipinski definition) is 5. The first-order valence-corrected chi connectivity index (χ1v) is 5.74. The first kappa shape index (κ1) is 12.6. The van der Waals surface area contributed by atoms with Crippen molar-refractivity contribution in [3.8, 4) is 0 Å². The molecule has 0 bridgehead atoms. The van der Waals surface area contributed by atoms with Crippen LogP contribution in [0.3, 0.4) is 0 Å². The van der Waals surface area contributed by atoms with Gasteiger partial charge in [-0.15, -0.1) is 0 Å². The average molecular weight is 248 g/mol. The van der Waals surface area contributed by atoms with Crippen LogP contribution in [0.1, 0.15) is 0 Å². The van der Waals surface area contributed by atoms with E-state index in [4.69, 9.17) is 5.14 Å². The van der Waals surface area contributed by atoms with Crippen molar-refractivity contribution in [2.75, 3.05) is 19.0 Å².